The Morgan fingerprint density at radius 2 is 1.82 bits per heavy atom. The molecule has 22 heavy (non-hydrogen) atoms. The molecule has 6 heteroatoms. The highest BCUT2D eigenvalue weighted by molar-refractivity contribution is 7.98. The molecule has 0 saturated heterocycles. The van der Waals surface area contributed by atoms with Crippen molar-refractivity contribution in [3.63, 3.8) is 0 Å². The van der Waals surface area contributed by atoms with Crippen LogP contribution in [0.5, 0.6) is 0 Å². The molecule has 0 radical (unpaired) electrons. The number of hydrogen-bond acceptors (Lipinski definition) is 6. The molecule has 116 valence electrons. The second kappa shape index (κ2) is 7.84. The smallest absolute Gasteiger partial charge is 0.338 e. The molecule has 0 saturated carbocycles. The predicted molar refractivity (Wildman–Crippen MR) is 86.0 cm³/mol. The van der Waals surface area contributed by atoms with E-state index in [9.17, 15) is 10.0 Å². The van der Waals surface area contributed by atoms with Crippen LogP contribution in [0.25, 0.3) is 0 Å². The highest BCUT2D eigenvalue weighted by Gasteiger charge is 2.05. The Bertz CT molecular complexity index is 611. The Kier molecular flexibility index (Phi) is 5.83. The van der Waals surface area contributed by atoms with Gasteiger partial charge in [0.15, 0.2) is 0 Å². The van der Waals surface area contributed by atoms with Gasteiger partial charge in [-0.15, -0.1) is 11.8 Å². The van der Waals surface area contributed by atoms with Gasteiger partial charge >= 0.3 is 5.97 Å². The molecule has 2 aromatic rings. The van der Waals surface area contributed by atoms with E-state index < -0.39 is 0 Å². The Morgan fingerprint density at radius 3 is 2.36 bits per heavy atom. The zero-order valence-electron chi connectivity index (χ0n) is 12.1. The van der Waals surface area contributed by atoms with Crippen LogP contribution < -0.4 is 5.23 Å². The summed E-state index contributed by atoms with van der Waals surface area (Å²) in [7, 11) is 0. The number of nitrogens with zero attached hydrogens (tertiary/aromatic N) is 1. The maximum absolute atomic E-state index is 11.5. The van der Waals surface area contributed by atoms with E-state index >= 15 is 0 Å². The number of anilines is 1. The zero-order valence-corrected chi connectivity index (χ0v) is 12.9. The lowest BCUT2D eigenvalue weighted by Crippen LogP contribution is -2.06. The summed E-state index contributed by atoms with van der Waals surface area (Å²) < 4.78 is 4.93. The van der Waals surface area contributed by atoms with E-state index in [-0.39, 0.29) is 16.9 Å². The lowest BCUT2D eigenvalue weighted by molar-refractivity contribution is 0.0526. The van der Waals surface area contributed by atoms with Crippen LogP contribution in [-0.4, -0.2) is 17.8 Å². The van der Waals surface area contributed by atoms with E-state index in [0.29, 0.717) is 12.2 Å². The monoisotopic (exact) mass is 318 g/mol. The molecule has 0 fully saturated rings. The summed E-state index contributed by atoms with van der Waals surface area (Å²) in [5.41, 5.74) is 1.82. The molecule has 0 aliphatic rings. The molecular formula is C16H16NO4S-. The number of ether oxygens (including phenoxy) is 1. The van der Waals surface area contributed by atoms with Crippen molar-refractivity contribution in [2.45, 2.75) is 17.6 Å². The van der Waals surface area contributed by atoms with Gasteiger partial charge in [-0.2, -0.15) is 0 Å². The van der Waals surface area contributed by atoms with Gasteiger partial charge in [0.25, 0.3) is 0 Å². The van der Waals surface area contributed by atoms with Crippen LogP contribution in [-0.2, 0) is 10.5 Å². The fraction of sp³-hybridized carbons (Fsp3) is 0.188. The first-order valence-corrected chi connectivity index (χ1v) is 7.73. The van der Waals surface area contributed by atoms with Crippen molar-refractivity contribution in [1.29, 1.82) is 0 Å². The number of carbonyl (C=O) groups excluding carboxylic acids is 1. The number of benzene rings is 2. The SMILES string of the molecule is CCOC(=O)c1ccc(CSc2ccc(N([O-])O)cc2)cc1. The number of esters is 1. The minimum Gasteiger partial charge on any atom is -0.733 e. The number of carbonyl (C=O) groups is 1. The van der Waals surface area contributed by atoms with Crippen molar-refractivity contribution in [2.24, 2.45) is 0 Å². The van der Waals surface area contributed by atoms with Crippen LogP contribution in [0.15, 0.2) is 53.4 Å². The summed E-state index contributed by atoms with van der Waals surface area (Å²) in [6.45, 7) is 2.14. The fourth-order valence-corrected chi connectivity index (χ4v) is 2.64. The molecule has 5 nitrogen and oxygen atoms in total. The molecule has 2 rings (SSSR count). The van der Waals surface area contributed by atoms with Gasteiger partial charge in [0.1, 0.15) is 0 Å². The molecule has 0 bridgehead atoms. The highest BCUT2D eigenvalue weighted by atomic mass is 32.2. The minimum atomic E-state index is -0.316. The van der Waals surface area contributed by atoms with Crippen molar-refractivity contribution < 1.29 is 14.7 Å². The number of thioether (sulfide) groups is 1. The van der Waals surface area contributed by atoms with Crippen LogP contribution >= 0.6 is 11.8 Å². The Morgan fingerprint density at radius 1 is 1.18 bits per heavy atom. The molecule has 2 aromatic carbocycles. The lowest BCUT2D eigenvalue weighted by atomic mass is 10.1. The predicted octanol–water partition coefficient (Wildman–Crippen LogP) is 3.85. The average Bonchev–Trinajstić information content (AvgIpc) is 2.54. The maximum atomic E-state index is 11.5. The molecule has 1 N–H and O–H groups in total. The Labute approximate surface area is 133 Å². The molecule has 0 spiro atoms. The Hall–Kier alpha value is -2.02. The summed E-state index contributed by atoms with van der Waals surface area (Å²) in [6, 6.07) is 13.9. The van der Waals surface area contributed by atoms with Crippen molar-refractivity contribution in [3.05, 3.63) is 64.9 Å². The highest BCUT2D eigenvalue weighted by Crippen LogP contribution is 2.25. The van der Waals surface area contributed by atoms with E-state index in [1.165, 1.54) is 0 Å². The molecule has 0 amide bonds. The second-order valence-corrected chi connectivity index (χ2v) is 5.52. The molecule has 0 aliphatic heterocycles. The average molecular weight is 318 g/mol. The standard InChI is InChI=1S/C16H16NO4S/c1-2-21-16(18)13-5-3-12(4-6-13)11-22-15-9-7-14(8-10-15)17(19)20/h3-10,19H,2,11H2,1H3/q-1. The van der Waals surface area contributed by atoms with Gasteiger partial charge in [0.05, 0.1) is 17.9 Å². The van der Waals surface area contributed by atoms with Crippen LogP contribution in [0, 0.1) is 5.21 Å². The van der Waals surface area contributed by atoms with Gasteiger partial charge in [0.2, 0.25) is 0 Å². The topological polar surface area (TPSA) is 72.8 Å². The summed E-state index contributed by atoms with van der Waals surface area (Å²) in [6.07, 6.45) is 0. The summed E-state index contributed by atoms with van der Waals surface area (Å²) in [4.78, 5) is 12.5. The third-order valence-corrected chi connectivity index (χ3v) is 4.01. The van der Waals surface area contributed by atoms with Gasteiger partial charge in [-0.3, -0.25) is 5.21 Å². The normalized spacial score (nSPS) is 10.3. The van der Waals surface area contributed by atoms with Gasteiger partial charge in [-0.05, 0) is 48.9 Å². The first-order valence-electron chi connectivity index (χ1n) is 6.75. The molecule has 0 unspecified atom stereocenters. The third kappa shape index (κ3) is 4.49. The molecular weight excluding hydrogens is 302 g/mol. The minimum absolute atomic E-state index is 0.164. The van der Waals surface area contributed by atoms with Crippen molar-refractivity contribution in [1.82, 2.24) is 0 Å². The fourth-order valence-electron chi connectivity index (χ4n) is 1.79. The van der Waals surface area contributed by atoms with E-state index in [1.807, 2.05) is 12.1 Å². The molecule has 0 aromatic heterocycles. The van der Waals surface area contributed by atoms with Crippen LogP contribution in [0.3, 0.4) is 0 Å². The molecule has 0 aliphatic carbocycles. The lowest BCUT2D eigenvalue weighted by Gasteiger charge is -2.21. The van der Waals surface area contributed by atoms with Crippen molar-refractivity contribution >= 4 is 23.4 Å². The van der Waals surface area contributed by atoms with Gasteiger partial charge in [-0.25, -0.2) is 4.79 Å². The third-order valence-electron chi connectivity index (χ3n) is 2.93. The van der Waals surface area contributed by atoms with Gasteiger partial charge in [-0.1, -0.05) is 12.1 Å². The summed E-state index contributed by atoms with van der Waals surface area (Å²) in [5, 5.41) is 19.3. The van der Waals surface area contributed by atoms with Crippen LogP contribution in [0.4, 0.5) is 5.69 Å². The van der Waals surface area contributed by atoms with Gasteiger partial charge < -0.3 is 15.2 Å². The molecule has 0 heterocycles. The number of rotatable bonds is 6. The van der Waals surface area contributed by atoms with Crippen LogP contribution in [0.1, 0.15) is 22.8 Å². The van der Waals surface area contributed by atoms with E-state index in [0.717, 1.165) is 16.2 Å². The van der Waals surface area contributed by atoms with E-state index in [2.05, 4.69) is 0 Å². The zero-order chi connectivity index (χ0) is 15.9. The maximum Gasteiger partial charge on any atom is 0.338 e. The number of hydrogen-bond donors (Lipinski definition) is 1. The summed E-state index contributed by atoms with van der Waals surface area (Å²) in [5.74, 6) is 0.423. The second-order valence-electron chi connectivity index (χ2n) is 4.47. The first kappa shape index (κ1) is 16.4. The summed E-state index contributed by atoms with van der Waals surface area (Å²) >= 11 is 1.60. The van der Waals surface area contributed by atoms with Crippen molar-refractivity contribution in [2.75, 3.05) is 11.8 Å². The molecule has 0 atom stereocenters. The van der Waals surface area contributed by atoms with Gasteiger partial charge in [0, 0.05) is 10.6 Å². The first-order chi connectivity index (χ1) is 10.6. The largest absolute Gasteiger partial charge is 0.733 e. The van der Waals surface area contributed by atoms with E-state index in [1.54, 1.807) is 55.1 Å². The van der Waals surface area contributed by atoms with E-state index in [4.69, 9.17) is 9.94 Å². The van der Waals surface area contributed by atoms with Crippen LogP contribution in [0.2, 0.25) is 0 Å². The quantitative estimate of drug-likeness (QED) is 0.495. The Balaban J connectivity index is 1.92. The van der Waals surface area contributed by atoms with Crippen molar-refractivity contribution in [3.8, 4) is 0 Å².